The summed E-state index contributed by atoms with van der Waals surface area (Å²) in [5, 5.41) is 19.1. The van der Waals surface area contributed by atoms with Gasteiger partial charge in [-0.2, -0.15) is 0 Å². The molecule has 0 aliphatic carbocycles. The van der Waals surface area contributed by atoms with Crippen molar-refractivity contribution in [1.82, 2.24) is 10.2 Å². The van der Waals surface area contributed by atoms with Crippen LogP contribution in [0.15, 0.2) is 22.7 Å². The van der Waals surface area contributed by atoms with Gasteiger partial charge in [-0.1, -0.05) is 5.10 Å². The van der Waals surface area contributed by atoms with Crippen LogP contribution in [0.1, 0.15) is 10.5 Å². The van der Waals surface area contributed by atoms with Gasteiger partial charge in [0.05, 0.1) is 0 Å². The van der Waals surface area contributed by atoms with Crippen LogP contribution in [-0.4, -0.2) is 34.2 Å². The van der Waals surface area contributed by atoms with Gasteiger partial charge in [-0.05, 0) is 33.0 Å². The van der Waals surface area contributed by atoms with Crippen LogP contribution in [0.4, 0.5) is 11.5 Å². The molecule has 2 aromatic rings. The number of ether oxygens (including phenoxy) is 2. The molecule has 0 saturated carbocycles. The fourth-order valence-corrected chi connectivity index (χ4v) is 2.40. The van der Waals surface area contributed by atoms with Crippen molar-refractivity contribution in [2.75, 3.05) is 18.5 Å². The number of halogens is 1. The molecule has 0 spiro atoms. The van der Waals surface area contributed by atoms with E-state index in [2.05, 4.69) is 31.4 Å². The van der Waals surface area contributed by atoms with E-state index < -0.39 is 10.8 Å². The van der Waals surface area contributed by atoms with Crippen LogP contribution >= 0.6 is 15.9 Å². The molecule has 2 heterocycles. The number of nitrogens with zero attached hydrogens (tertiary/aromatic N) is 2. The Hall–Kier alpha value is -2.62. The van der Waals surface area contributed by atoms with Crippen LogP contribution in [0.5, 0.6) is 11.5 Å². The Morgan fingerprint density at radius 1 is 1.36 bits per heavy atom. The van der Waals surface area contributed by atoms with Crippen LogP contribution in [0, 0.1) is 10.1 Å². The van der Waals surface area contributed by atoms with E-state index in [1.165, 1.54) is 0 Å². The van der Waals surface area contributed by atoms with Gasteiger partial charge < -0.3 is 24.9 Å². The highest BCUT2D eigenvalue weighted by Gasteiger charge is 2.25. The van der Waals surface area contributed by atoms with Crippen molar-refractivity contribution < 1.29 is 19.2 Å². The summed E-state index contributed by atoms with van der Waals surface area (Å²) in [6, 6.07) is 4.92. The summed E-state index contributed by atoms with van der Waals surface area (Å²) in [7, 11) is 0. The van der Waals surface area contributed by atoms with Gasteiger partial charge in [0.15, 0.2) is 17.2 Å². The summed E-state index contributed by atoms with van der Waals surface area (Å²) in [5.74, 6) is 0.150. The number of amides is 1. The zero-order valence-electron chi connectivity index (χ0n) is 11.0. The average Bonchev–Trinajstić information content (AvgIpc) is 2.89. The number of H-pyrrole nitrogens is 1. The summed E-state index contributed by atoms with van der Waals surface area (Å²) in [6.07, 6.45) is 0. The summed E-state index contributed by atoms with van der Waals surface area (Å²) in [6.45, 7) is 0.907. The van der Waals surface area contributed by atoms with Crippen molar-refractivity contribution in [1.29, 1.82) is 0 Å². The maximum Gasteiger partial charge on any atom is 0.357 e. The Morgan fingerprint density at radius 3 is 2.77 bits per heavy atom. The van der Waals surface area contributed by atoms with Gasteiger partial charge in [0.1, 0.15) is 17.7 Å². The van der Waals surface area contributed by atoms with E-state index in [1.807, 2.05) is 0 Å². The van der Waals surface area contributed by atoms with Gasteiger partial charge in [-0.3, -0.25) is 4.79 Å². The molecule has 1 amide bonds. The molecule has 114 valence electrons. The molecular weight excluding hydrogens is 360 g/mol. The van der Waals surface area contributed by atoms with Gasteiger partial charge in [0.2, 0.25) is 0 Å². The Balaban J connectivity index is 1.81. The zero-order chi connectivity index (χ0) is 15.7. The fraction of sp³-hybridized carbons (Fsp3) is 0.167. The molecule has 0 radical (unpaired) electrons. The quantitative estimate of drug-likeness (QED) is 0.632. The van der Waals surface area contributed by atoms with Crippen molar-refractivity contribution in [2.24, 2.45) is 0 Å². The number of rotatable bonds is 3. The molecule has 22 heavy (non-hydrogen) atoms. The third kappa shape index (κ3) is 2.60. The highest BCUT2D eigenvalue weighted by Crippen LogP contribution is 2.33. The van der Waals surface area contributed by atoms with Gasteiger partial charge in [0.25, 0.3) is 5.91 Å². The van der Waals surface area contributed by atoms with Gasteiger partial charge >= 0.3 is 5.82 Å². The predicted octanol–water partition coefficient (Wildman–Crippen LogP) is 2.10. The summed E-state index contributed by atoms with van der Waals surface area (Å²) < 4.78 is 10.8. The lowest BCUT2D eigenvalue weighted by atomic mass is 10.2. The van der Waals surface area contributed by atoms with Crippen molar-refractivity contribution in [3.05, 3.63) is 38.5 Å². The van der Waals surface area contributed by atoms with Crippen LogP contribution in [0.25, 0.3) is 0 Å². The third-order valence-corrected chi connectivity index (χ3v) is 3.64. The molecule has 3 rings (SSSR count). The Morgan fingerprint density at radius 2 is 2.09 bits per heavy atom. The van der Waals surface area contributed by atoms with E-state index in [1.54, 1.807) is 18.2 Å². The number of aromatic amines is 1. The molecule has 1 aromatic carbocycles. The molecule has 10 heteroatoms. The Bertz CT molecular complexity index is 760. The summed E-state index contributed by atoms with van der Waals surface area (Å²) in [4.78, 5) is 22.2. The molecule has 1 aromatic heterocycles. The summed E-state index contributed by atoms with van der Waals surface area (Å²) >= 11 is 2.98. The number of hydrogen-bond acceptors (Lipinski definition) is 6. The van der Waals surface area contributed by atoms with E-state index in [9.17, 15) is 14.9 Å². The van der Waals surface area contributed by atoms with Gasteiger partial charge in [-0.25, -0.2) is 0 Å². The first-order valence-corrected chi connectivity index (χ1v) is 6.95. The number of benzene rings is 1. The molecule has 0 unspecified atom stereocenters. The zero-order valence-corrected chi connectivity index (χ0v) is 12.5. The lowest BCUT2D eigenvalue weighted by molar-refractivity contribution is -0.390. The fourth-order valence-electron chi connectivity index (χ4n) is 1.90. The Labute approximate surface area is 131 Å². The minimum absolute atomic E-state index is 0.00690. The van der Waals surface area contributed by atoms with E-state index in [-0.39, 0.29) is 16.0 Å². The first kappa shape index (κ1) is 14.3. The normalized spacial score (nSPS) is 12.8. The molecule has 1 aliphatic heterocycles. The summed E-state index contributed by atoms with van der Waals surface area (Å²) in [5.41, 5.74) is 0.355. The highest BCUT2D eigenvalue weighted by atomic mass is 79.9. The van der Waals surface area contributed by atoms with Crippen molar-refractivity contribution in [3.8, 4) is 11.5 Å². The first-order chi connectivity index (χ1) is 10.6. The topological polar surface area (TPSA) is 119 Å². The lowest BCUT2D eigenvalue weighted by Crippen LogP contribution is -2.16. The largest absolute Gasteiger partial charge is 0.486 e. The van der Waals surface area contributed by atoms with E-state index in [0.29, 0.717) is 30.4 Å². The van der Waals surface area contributed by atoms with Crippen LogP contribution in [0.3, 0.4) is 0 Å². The number of anilines is 1. The molecule has 0 saturated heterocycles. The highest BCUT2D eigenvalue weighted by molar-refractivity contribution is 9.10. The smallest absolute Gasteiger partial charge is 0.357 e. The van der Waals surface area contributed by atoms with Crippen LogP contribution in [0.2, 0.25) is 0 Å². The average molecular weight is 369 g/mol. The number of hydrogen-bond donors (Lipinski definition) is 2. The third-order valence-electron chi connectivity index (χ3n) is 2.89. The predicted molar refractivity (Wildman–Crippen MR) is 78.3 cm³/mol. The monoisotopic (exact) mass is 368 g/mol. The number of aromatic nitrogens is 2. The lowest BCUT2D eigenvalue weighted by Gasteiger charge is -2.18. The van der Waals surface area contributed by atoms with E-state index in [0.717, 1.165) is 0 Å². The maximum atomic E-state index is 12.1. The molecule has 0 bridgehead atoms. The SMILES string of the molecule is O=C(Nc1ccc2c(c1)OCCO2)c1n[nH]c([N+](=O)[O-])c1Br. The van der Waals surface area contributed by atoms with E-state index >= 15 is 0 Å². The van der Waals surface area contributed by atoms with Gasteiger partial charge in [-0.15, -0.1) is 5.10 Å². The number of carbonyl (C=O) groups excluding carboxylic acids is 1. The number of nitro groups is 1. The number of fused-ring (bicyclic) bond motifs is 1. The number of nitrogens with one attached hydrogen (secondary N) is 2. The first-order valence-electron chi connectivity index (χ1n) is 6.15. The molecule has 2 N–H and O–H groups in total. The second-order valence-corrected chi connectivity index (χ2v) is 5.10. The molecule has 1 aliphatic rings. The number of carbonyl (C=O) groups is 1. The second-order valence-electron chi connectivity index (χ2n) is 4.30. The minimum atomic E-state index is -0.669. The van der Waals surface area contributed by atoms with Crippen LogP contribution in [-0.2, 0) is 0 Å². The standard InChI is InChI=1S/C12H9BrN4O5/c13-9-10(15-16-11(9)17(19)20)12(18)14-6-1-2-7-8(5-6)22-4-3-21-7/h1-2,5H,3-4H2,(H,14,18)(H,15,16). The molecular formula is C12H9BrN4O5. The van der Waals surface area contributed by atoms with Gasteiger partial charge in [0, 0.05) is 11.8 Å². The maximum absolute atomic E-state index is 12.1. The minimum Gasteiger partial charge on any atom is -0.486 e. The van der Waals surface area contributed by atoms with Crippen molar-refractivity contribution in [2.45, 2.75) is 0 Å². The molecule has 0 atom stereocenters. The molecule has 0 fully saturated rings. The second kappa shape index (κ2) is 5.64. The van der Waals surface area contributed by atoms with E-state index in [4.69, 9.17) is 9.47 Å². The Kier molecular flexibility index (Phi) is 3.67. The van der Waals surface area contributed by atoms with Crippen molar-refractivity contribution >= 4 is 33.3 Å². The van der Waals surface area contributed by atoms with Crippen molar-refractivity contribution in [3.63, 3.8) is 0 Å². The van der Waals surface area contributed by atoms with Crippen LogP contribution < -0.4 is 14.8 Å². The molecule has 9 nitrogen and oxygen atoms in total.